The van der Waals surface area contributed by atoms with Crippen LogP contribution in [-0.4, -0.2) is 15.5 Å². The van der Waals surface area contributed by atoms with E-state index in [-0.39, 0.29) is 5.91 Å². The second kappa shape index (κ2) is 5.95. The SMILES string of the molecule is CC(=O)n1ccc2cc(Nc3c4ccccc4nc4ccccc34)ccc21. The molecule has 0 radical (unpaired) electrons. The Morgan fingerprint density at radius 3 is 2.22 bits per heavy atom. The lowest BCUT2D eigenvalue weighted by molar-refractivity contribution is 0.0941. The van der Waals surface area contributed by atoms with Crippen molar-refractivity contribution in [3.63, 3.8) is 0 Å². The van der Waals surface area contributed by atoms with Crippen LogP contribution in [0.2, 0.25) is 0 Å². The van der Waals surface area contributed by atoms with E-state index in [9.17, 15) is 4.79 Å². The van der Waals surface area contributed by atoms with Gasteiger partial charge in [-0.15, -0.1) is 0 Å². The molecule has 0 unspecified atom stereocenters. The Bertz CT molecular complexity index is 1280. The monoisotopic (exact) mass is 351 g/mol. The Morgan fingerprint density at radius 2 is 1.56 bits per heavy atom. The van der Waals surface area contributed by atoms with E-state index in [1.165, 1.54) is 0 Å². The van der Waals surface area contributed by atoms with Gasteiger partial charge in [0.05, 0.1) is 22.2 Å². The summed E-state index contributed by atoms with van der Waals surface area (Å²) in [5, 5.41) is 6.77. The summed E-state index contributed by atoms with van der Waals surface area (Å²) in [5.74, 6) is 0.0110. The highest BCUT2D eigenvalue weighted by Gasteiger charge is 2.10. The van der Waals surface area contributed by atoms with Gasteiger partial charge < -0.3 is 5.32 Å². The first-order valence-electron chi connectivity index (χ1n) is 8.87. The summed E-state index contributed by atoms with van der Waals surface area (Å²) in [4.78, 5) is 16.5. The standard InChI is InChI=1S/C23H17N3O/c1-15(27)26-13-12-16-14-17(10-11-22(16)26)24-23-18-6-2-4-8-20(18)25-21-9-5-3-7-19(21)23/h2-14H,1H3,(H,24,25). The van der Waals surface area contributed by atoms with Crippen molar-refractivity contribution in [3.05, 3.63) is 79.0 Å². The number of benzene rings is 3. The van der Waals surface area contributed by atoms with Gasteiger partial charge in [-0.1, -0.05) is 36.4 Å². The zero-order valence-electron chi connectivity index (χ0n) is 14.8. The van der Waals surface area contributed by atoms with Crippen LogP contribution in [0, 0.1) is 0 Å². The summed E-state index contributed by atoms with van der Waals surface area (Å²) in [6.07, 6.45) is 1.81. The van der Waals surface area contributed by atoms with E-state index in [1.54, 1.807) is 11.5 Å². The number of hydrogen-bond acceptors (Lipinski definition) is 3. The molecule has 0 aliphatic heterocycles. The molecule has 0 saturated carbocycles. The van der Waals surface area contributed by atoms with Gasteiger partial charge in [0.2, 0.25) is 5.91 Å². The van der Waals surface area contributed by atoms with Gasteiger partial charge in [-0.05, 0) is 36.4 Å². The number of carbonyl (C=O) groups excluding carboxylic acids is 1. The van der Waals surface area contributed by atoms with Crippen LogP contribution in [0.4, 0.5) is 11.4 Å². The van der Waals surface area contributed by atoms with Gasteiger partial charge >= 0.3 is 0 Å². The van der Waals surface area contributed by atoms with Crippen molar-refractivity contribution in [1.29, 1.82) is 0 Å². The predicted molar refractivity (Wildman–Crippen MR) is 111 cm³/mol. The Labute approximate surface area is 156 Å². The fraction of sp³-hybridized carbons (Fsp3) is 0.0435. The average molecular weight is 351 g/mol. The molecule has 3 aromatic carbocycles. The molecule has 4 heteroatoms. The smallest absolute Gasteiger partial charge is 0.227 e. The highest BCUT2D eigenvalue weighted by molar-refractivity contribution is 6.09. The van der Waals surface area contributed by atoms with Crippen molar-refractivity contribution >= 4 is 50.0 Å². The van der Waals surface area contributed by atoms with E-state index < -0.39 is 0 Å². The molecule has 2 aromatic heterocycles. The minimum absolute atomic E-state index is 0.0110. The fourth-order valence-electron chi connectivity index (χ4n) is 3.61. The number of nitrogens with zero attached hydrogens (tertiary/aromatic N) is 2. The lowest BCUT2D eigenvalue weighted by Gasteiger charge is -2.13. The molecule has 4 nitrogen and oxygen atoms in total. The van der Waals surface area contributed by atoms with Gasteiger partial charge in [-0.3, -0.25) is 9.36 Å². The molecule has 0 aliphatic rings. The zero-order chi connectivity index (χ0) is 18.4. The van der Waals surface area contributed by atoms with Gasteiger partial charge in [-0.2, -0.15) is 0 Å². The number of hydrogen-bond donors (Lipinski definition) is 1. The van der Waals surface area contributed by atoms with Crippen molar-refractivity contribution in [2.24, 2.45) is 0 Å². The number of nitrogens with one attached hydrogen (secondary N) is 1. The van der Waals surface area contributed by atoms with Gasteiger partial charge in [0, 0.05) is 35.0 Å². The zero-order valence-corrected chi connectivity index (χ0v) is 14.8. The molecule has 0 bridgehead atoms. The van der Waals surface area contributed by atoms with E-state index in [1.807, 2.05) is 60.8 Å². The Morgan fingerprint density at radius 1 is 0.889 bits per heavy atom. The number of anilines is 2. The summed E-state index contributed by atoms with van der Waals surface area (Å²) in [5.41, 5.74) is 4.86. The fourth-order valence-corrected chi connectivity index (χ4v) is 3.61. The molecule has 0 atom stereocenters. The molecule has 0 aliphatic carbocycles. The Balaban J connectivity index is 1.69. The summed E-state index contributed by atoms with van der Waals surface area (Å²) in [7, 11) is 0. The third-order valence-corrected chi connectivity index (χ3v) is 4.89. The summed E-state index contributed by atoms with van der Waals surface area (Å²) in [6, 6.07) is 24.3. The quantitative estimate of drug-likeness (QED) is 0.412. The average Bonchev–Trinajstić information content (AvgIpc) is 3.11. The first-order valence-corrected chi connectivity index (χ1v) is 8.87. The van der Waals surface area contributed by atoms with Crippen LogP contribution in [0.1, 0.15) is 11.7 Å². The first-order chi connectivity index (χ1) is 13.2. The van der Waals surface area contributed by atoms with E-state index >= 15 is 0 Å². The van der Waals surface area contributed by atoms with Crippen molar-refractivity contribution in [3.8, 4) is 0 Å². The molecule has 130 valence electrons. The second-order valence-electron chi connectivity index (χ2n) is 6.62. The van der Waals surface area contributed by atoms with Gasteiger partial charge in [0.15, 0.2) is 0 Å². The lowest BCUT2D eigenvalue weighted by atomic mass is 10.1. The largest absolute Gasteiger partial charge is 0.354 e. The summed E-state index contributed by atoms with van der Waals surface area (Å²) >= 11 is 0. The highest BCUT2D eigenvalue weighted by Crippen LogP contribution is 2.33. The maximum atomic E-state index is 11.7. The third kappa shape index (κ3) is 2.54. The van der Waals surface area contributed by atoms with E-state index in [4.69, 9.17) is 4.98 Å². The number of pyridine rings is 1. The minimum atomic E-state index is 0.0110. The van der Waals surface area contributed by atoms with Gasteiger partial charge in [0.1, 0.15) is 0 Å². The van der Waals surface area contributed by atoms with Crippen LogP contribution in [-0.2, 0) is 0 Å². The Hall–Kier alpha value is -3.66. The molecule has 5 rings (SSSR count). The number of para-hydroxylation sites is 2. The molecular formula is C23H17N3O. The molecule has 0 spiro atoms. The van der Waals surface area contributed by atoms with Crippen molar-refractivity contribution < 1.29 is 4.79 Å². The third-order valence-electron chi connectivity index (χ3n) is 4.89. The number of aromatic nitrogens is 2. The van der Waals surface area contributed by atoms with Crippen LogP contribution in [0.25, 0.3) is 32.7 Å². The normalized spacial score (nSPS) is 11.3. The van der Waals surface area contributed by atoms with Gasteiger partial charge in [0.25, 0.3) is 0 Å². The molecule has 1 N–H and O–H groups in total. The summed E-state index contributed by atoms with van der Waals surface area (Å²) < 4.78 is 1.66. The van der Waals surface area contributed by atoms with Crippen LogP contribution in [0.5, 0.6) is 0 Å². The minimum Gasteiger partial charge on any atom is -0.354 e. The maximum absolute atomic E-state index is 11.7. The maximum Gasteiger partial charge on any atom is 0.227 e. The molecule has 2 heterocycles. The van der Waals surface area contributed by atoms with Crippen molar-refractivity contribution in [2.45, 2.75) is 6.92 Å². The predicted octanol–water partition coefficient (Wildman–Crippen LogP) is 5.75. The van der Waals surface area contributed by atoms with Crippen LogP contribution >= 0.6 is 0 Å². The number of rotatable bonds is 2. The number of fused-ring (bicyclic) bond motifs is 3. The van der Waals surface area contributed by atoms with Crippen molar-refractivity contribution in [1.82, 2.24) is 9.55 Å². The molecule has 27 heavy (non-hydrogen) atoms. The molecule has 0 saturated heterocycles. The van der Waals surface area contributed by atoms with Gasteiger partial charge in [-0.25, -0.2) is 4.98 Å². The van der Waals surface area contributed by atoms with E-state index in [0.717, 1.165) is 44.1 Å². The molecule has 0 fully saturated rings. The molecule has 0 amide bonds. The Kier molecular flexibility index (Phi) is 3.44. The second-order valence-corrected chi connectivity index (χ2v) is 6.62. The number of carbonyl (C=O) groups is 1. The van der Waals surface area contributed by atoms with Crippen molar-refractivity contribution in [2.75, 3.05) is 5.32 Å². The molecular weight excluding hydrogens is 334 g/mol. The van der Waals surface area contributed by atoms with E-state index in [0.29, 0.717) is 0 Å². The van der Waals surface area contributed by atoms with Crippen LogP contribution in [0.15, 0.2) is 79.0 Å². The van der Waals surface area contributed by atoms with E-state index in [2.05, 4.69) is 23.5 Å². The highest BCUT2D eigenvalue weighted by atomic mass is 16.1. The summed E-state index contributed by atoms with van der Waals surface area (Å²) in [6.45, 7) is 1.57. The lowest BCUT2D eigenvalue weighted by Crippen LogP contribution is -2.02. The topological polar surface area (TPSA) is 46.9 Å². The first kappa shape index (κ1) is 15.6. The van der Waals surface area contributed by atoms with Crippen LogP contribution in [0.3, 0.4) is 0 Å². The van der Waals surface area contributed by atoms with Crippen LogP contribution < -0.4 is 5.32 Å². The molecule has 5 aromatic rings.